The molecule has 0 heterocycles. The number of Topliss-reactive ketones (excluding diaryl/α,β-unsaturated/α-hetero) is 1. The summed E-state index contributed by atoms with van der Waals surface area (Å²) in [5.41, 5.74) is 1.97. The molecule has 0 saturated carbocycles. The highest BCUT2D eigenvalue weighted by Crippen LogP contribution is 2.16. The zero-order valence-corrected chi connectivity index (χ0v) is 8.81. The molecule has 0 saturated heterocycles. The predicted molar refractivity (Wildman–Crippen MR) is 53.5 cm³/mol. The van der Waals surface area contributed by atoms with Gasteiger partial charge in [0, 0.05) is 10.0 Å². The third-order valence-corrected chi connectivity index (χ3v) is 2.23. The molecule has 0 fully saturated rings. The smallest absolute Gasteiger partial charge is 0.159 e. The van der Waals surface area contributed by atoms with Gasteiger partial charge in [0.25, 0.3) is 0 Å². The van der Waals surface area contributed by atoms with Gasteiger partial charge in [-0.3, -0.25) is 4.79 Å². The number of carbonyl (C=O) groups is 1. The number of hydrogen-bond donors (Lipinski definition) is 0. The van der Waals surface area contributed by atoms with E-state index in [4.69, 9.17) is 0 Å². The molecular formula is C10H11BrO. The second kappa shape index (κ2) is 3.85. The zero-order chi connectivity index (χ0) is 9.14. The summed E-state index contributed by atoms with van der Waals surface area (Å²) in [5.74, 6) is 0.117. The van der Waals surface area contributed by atoms with Gasteiger partial charge in [0.2, 0.25) is 0 Å². The summed E-state index contributed by atoms with van der Waals surface area (Å²) < 4.78 is 0.979. The van der Waals surface area contributed by atoms with Gasteiger partial charge in [-0.1, -0.05) is 22.9 Å². The van der Waals surface area contributed by atoms with E-state index in [1.54, 1.807) is 6.92 Å². The first-order valence-electron chi connectivity index (χ1n) is 3.94. The molecule has 1 aromatic rings. The van der Waals surface area contributed by atoms with E-state index in [0.717, 1.165) is 16.5 Å². The van der Waals surface area contributed by atoms with Crippen molar-refractivity contribution in [3.05, 3.63) is 33.8 Å². The average Bonchev–Trinajstić information content (AvgIpc) is 2.03. The highest BCUT2D eigenvalue weighted by Gasteiger charge is 2.01. The van der Waals surface area contributed by atoms with Gasteiger partial charge in [-0.2, -0.15) is 0 Å². The number of ketones is 1. The second-order valence-corrected chi connectivity index (χ2v) is 3.67. The normalized spacial score (nSPS) is 9.92. The molecule has 1 nitrogen and oxygen atoms in total. The van der Waals surface area contributed by atoms with E-state index < -0.39 is 0 Å². The van der Waals surface area contributed by atoms with E-state index in [2.05, 4.69) is 22.9 Å². The van der Waals surface area contributed by atoms with Gasteiger partial charge in [-0.15, -0.1) is 0 Å². The van der Waals surface area contributed by atoms with E-state index in [9.17, 15) is 4.79 Å². The summed E-state index contributed by atoms with van der Waals surface area (Å²) in [6.45, 7) is 3.66. The monoisotopic (exact) mass is 226 g/mol. The van der Waals surface area contributed by atoms with Crippen LogP contribution in [0.1, 0.15) is 29.8 Å². The number of halogens is 1. The summed E-state index contributed by atoms with van der Waals surface area (Å²) in [6, 6.07) is 5.82. The first-order chi connectivity index (χ1) is 5.63. The number of carbonyl (C=O) groups excluding carboxylic acids is 1. The fraction of sp³-hybridized carbons (Fsp3) is 0.300. The van der Waals surface area contributed by atoms with Crippen molar-refractivity contribution in [2.75, 3.05) is 0 Å². The van der Waals surface area contributed by atoms with E-state index in [1.807, 2.05) is 18.2 Å². The van der Waals surface area contributed by atoms with Gasteiger partial charge >= 0.3 is 0 Å². The highest BCUT2D eigenvalue weighted by molar-refractivity contribution is 9.10. The molecule has 0 aliphatic rings. The Morgan fingerprint density at radius 3 is 2.58 bits per heavy atom. The van der Waals surface area contributed by atoms with Crippen LogP contribution in [0.25, 0.3) is 0 Å². The molecule has 0 N–H and O–H groups in total. The standard InChI is InChI=1S/C10H11BrO/c1-3-8-4-9(7(2)12)6-10(11)5-8/h4-6H,3H2,1-2H3. The Morgan fingerprint density at radius 2 is 2.08 bits per heavy atom. The minimum Gasteiger partial charge on any atom is -0.295 e. The van der Waals surface area contributed by atoms with Crippen LogP contribution in [-0.2, 0) is 6.42 Å². The molecule has 0 amide bonds. The molecule has 12 heavy (non-hydrogen) atoms. The fourth-order valence-electron chi connectivity index (χ4n) is 1.06. The van der Waals surface area contributed by atoms with Crippen LogP contribution in [0.4, 0.5) is 0 Å². The van der Waals surface area contributed by atoms with E-state index in [-0.39, 0.29) is 5.78 Å². The molecular weight excluding hydrogens is 216 g/mol. The number of benzene rings is 1. The first-order valence-corrected chi connectivity index (χ1v) is 4.73. The minimum absolute atomic E-state index is 0.117. The Hall–Kier alpha value is -0.630. The molecule has 1 rings (SSSR count). The topological polar surface area (TPSA) is 17.1 Å². The van der Waals surface area contributed by atoms with Crippen LogP contribution in [0, 0.1) is 0 Å². The van der Waals surface area contributed by atoms with Crippen LogP contribution >= 0.6 is 15.9 Å². The lowest BCUT2D eigenvalue weighted by atomic mass is 10.1. The van der Waals surface area contributed by atoms with Gasteiger partial charge in [-0.05, 0) is 37.1 Å². The summed E-state index contributed by atoms with van der Waals surface area (Å²) in [5, 5.41) is 0. The molecule has 0 bridgehead atoms. The Labute approximate surface area is 80.9 Å². The third-order valence-electron chi connectivity index (χ3n) is 1.77. The third kappa shape index (κ3) is 2.18. The molecule has 0 spiro atoms. The van der Waals surface area contributed by atoms with Crippen molar-refractivity contribution in [2.45, 2.75) is 20.3 Å². The average molecular weight is 227 g/mol. The SMILES string of the molecule is CCc1cc(Br)cc(C(C)=O)c1. The van der Waals surface area contributed by atoms with Crippen molar-refractivity contribution in [1.82, 2.24) is 0 Å². The van der Waals surface area contributed by atoms with Crippen molar-refractivity contribution in [1.29, 1.82) is 0 Å². The maximum absolute atomic E-state index is 11.0. The van der Waals surface area contributed by atoms with Crippen molar-refractivity contribution < 1.29 is 4.79 Å². The number of aryl methyl sites for hydroxylation is 1. The number of hydrogen-bond acceptors (Lipinski definition) is 1. The van der Waals surface area contributed by atoms with Crippen LogP contribution in [0.5, 0.6) is 0 Å². The maximum atomic E-state index is 11.0. The Kier molecular flexibility index (Phi) is 3.04. The van der Waals surface area contributed by atoms with Gasteiger partial charge in [0.1, 0.15) is 0 Å². The largest absolute Gasteiger partial charge is 0.295 e. The van der Waals surface area contributed by atoms with Crippen molar-refractivity contribution in [3.8, 4) is 0 Å². The van der Waals surface area contributed by atoms with Gasteiger partial charge < -0.3 is 0 Å². The summed E-state index contributed by atoms with van der Waals surface area (Å²) in [4.78, 5) is 11.0. The van der Waals surface area contributed by atoms with Crippen molar-refractivity contribution in [3.63, 3.8) is 0 Å². The lowest BCUT2D eigenvalue weighted by Gasteiger charge is -2.01. The van der Waals surface area contributed by atoms with Gasteiger partial charge in [-0.25, -0.2) is 0 Å². The molecule has 2 heteroatoms. The van der Waals surface area contributed by atoms with Crippen LogP contribution < -0.4 is 0 Å². The molecule has 0 unspecified atom stereocenters. The lowest BCUT2D eigenvalue weighted by molar-refractivity contribution is 0.101. The molecule has 64 valence electrons. The molecule has 0 aliphatic carbocycles. The van der Waals surface area contributed by atoms with E-state index in [0.29, 0.717) is 0 Å². The fourth-order valence-corrected chi connectivity index (χ4v) is 1.60. The summed E-state index contributed by atoms with van der Waals surface area (Å²) in [6.07, 6.45) is 0.958. The molecule has 0 aromatic heterocycles. The zero-order valence-electron chi connectivity index (χ0n) is 7.23. The highest BCUT2D eigenvalue weighted by atomic mass is 79.9. The Balaban J connectivity index is 3.15. The van der Waals surface area contributed by atoms with Gasteiger partial charge in [0.15, 0.2) is 5.78 Å². The van der Waals surface area contributed by atoms with Crippen LogP contribution in [0.15, 0.2) is 22.7 Å². The maximum Gasteiger partial charge on any atom is 0.159 e. The molecule has 0 radical (unpaired) electrons. The van der Waals surface area contributed by atoms with Gasteiger partial charge in [0.05, 0.1) is 0 Å². The Morgan fingerprint density at radius 1 is 1.42 bits per heavy atom. The van der Waals surface area contributed by atoms with Crippen LogP contribution in [0.2, 0.25) is 0 Å². The van der Waals surface area contributed by atoms with Crippen molar-refractivity contribution >= 4 is 21.7 Å². The predicted octanol–water partition coefficient (Wildman–Crippen LogP) is 3.21. The summed E-state index contributed by atoms with van der Waals surface area (Å²) >= 11 is 3.37. The molecule has 0 atom stereocenters. The molecule has 0 aliphatic heterocycles. The van der Waals surface area contributed by atoms with Crippen molar-refractivity contribution in [2.24, 2.45) is 0 Å². The first kappa shape index (κ1) is 9.46. The number of rotatable bonds is 2. The van der Waals surface area contributed by atoms with E-state index in [1.165, 1.54) is 5.56 Å². The van der Waals surface area contributed by atoms with Crippen LogP contribution in [0.3, 0.4) is 0 Å². The summed E-state index contributed by atoms with van der Waals surface area (Å²) in [7, 11) is 0. The quantitative estimate of drug-likeness (QED) is 0.709. The second-order valence-electron chi connectivity index (χ2n) is 2.76. The Bertz CT molecular complexity index is 305. The van der Waals surface area contributed by atoms with Crippen LogP contribution in [-0.4, -0.2) is 5.78 Å². The lowest BCUT2D eigenvalue weighted by Crippen LogP contribution is -1.93. The minimum atomic E-state index is 0.117. The van der Waals surface area contributed by atoms with E-state index >= 15 is 0 Å². The molecule has 1 aromatic carbocycles.